The lowest BCUT2D eigenvalue weighted by Crippen LogP contribution is -2.69. The van der Waals surface area contributed by atoms with Gasteiger partial charge in [-0.15, -0.1) is 0 Å². The van der Waals surface area contributed by atoms with Crippen LogP contribution in [-0.2, 0) is 95.0 Å². The van der Waals surface area contributed by atoms with E-state index in [1.807, 2.05) is 27.7 Å². The van der Waals surface area contributed by atoms with Crippen LogP contribution in [0, 0.1) is 5.41 Å². The minimum absolute atomic E-state index is 0.0142. The van der Waals surface area contributed by atoms with Crippen LogP contribution in [0.15, 0.2) is 0 Å². The Morgan fingerprint density at radius 1 is 0.414 bits per heavy atom. The highest BCUT2D eigenvalue weighted by Gasteiger charge is 2.61. The van der Waals surface area contributed by atoms with E-state index in [0.717, 1.165) is 11.8 Å². The second kappa shape index (κ2) is 41.8. The molecule has 111 heavy (non-hydrogen) atoms. The third kappa shape index (κ3) is 23.0. The number of carbonyl (C=O) groups excluding carboxylic acids is 2. The summed E-state index contributed by atoms with van der Waals surface area (Å²) in [6.45, 7) is 5.23. The van der Waals surface area contributed by atoms with Gasteiger partial charge in [-0.25, -0.2) is 4.79 Å². The number of aliphatic hydroxyl groups excluding tert-OH is 19. The molecule has 21 aliphatic rings. The number of hydrogen-bond acceptors (Lipinski definition) is 42. The highest BCUT2D eigenvalue weighted by atomic mass is 32.2. The van der Waals surface area contributed by atoms with E-state index < -0.39 is 300 Å². The number of hydrogen-bond donors (Lipinski definition) is 23. The number of aliphatic carboxylic acids is 2. The summed E-state index contributed by atoms with van der Waals surface area (Å²) in [5, 5.41) is 245. The molecular weight excluding hydrogens is 1540 g/mol. The minimum atomic E-state index is -2.59. The Labute approximate surface area is 645 Å². The number of ether oxygens (including phenoxy) is 16. The van der Waals surface area contributed by atoms with E-state index in [0.29, 0.717) is 24.6 Å². The smallest absolute Gasteiger partial charge is 0.327 e. The first-order valence-corrected chi connectivity index (χ1v) is 38.9. The Morgan fingerprint density at radius 3 is 1.10 bits per heavy atom. The summed E-state index contributed by atoms with van der Waals surface area (Å²) in [4.78, 5) is 50.8. The standard InChI is InChI=1S/C66H112N2O41S2/c1-7-64(3,4)34(75)9-11-94-13-14-95-12-10-35(76)67-25(55(90)91)21-111-24-66-15-27(74)36(77)62(108-66)107-53-31(19-72)99-59(46(87)40(53)81)103-50-29(17-70)98-60(45(86)39(50)80)106-54-33(23-110-22-26(56(92)93)68-65(5,6)8-2)101-61(47(88)41(54)82)105-51-30(18-71)97-57(44(85)38(51)79)102-49-28(16-69)96-58(43(84)37(49)78)104-52-32(20-73)100-63(109-66)48(89)42(52)83/h25-33,36-54,57-63,68-74,77-89H,7-24H2,1-6H3,(H,67,76)(H,90,91)(H,92,93)/t25-,26-,27?,28?,29?,30?,31?,32?,33?,36?,37?,38?,39?,40?,41?,42?,43?,44?,45?,46?,47?,48?,49-,50-,51-,52-,53-,54-,57-,58-,59+,60+,61+,62+,63-,66?/m1/s1. The number of nitrogens with one attached hydrogen (secondary N) is 2. The van der Waals surface area contributed by atoms with E-state index in [4.69, 9.17) is 75.8 Å². The van der Waals surface area contributed by atoms with Crippen LogP contribution >= 0.6 is 23.5 Å². The molecule has 21 fully saturated rings. The quantitative estimate of drug-likeness (QED) is 0.0297. The average Bonchev–Trinajstić information content (AvgIpc) is 0.767. The van der Waals surface area contributed by atoms with Gasteiger partial charge in [0.05, 0.1) is 71.7 Å². The van der Waals surface area contributed by atoms with Crippen LogP contribution < -0.4 is 10.6 Å². The topological polar surface area (TPSA) is 665 Å². The normalized spacial score (nSPS) is 42.8. The highest BCUT2D eigenvalue weighted by molar-refractivity contribution is 7.99. The SMILES string of the molecule is CCC(C)(C)N[C@H](CSCC1O[C@H]2O[C@@H]3C(CO)O[C@H](O[C@@H]4C(CO)O[C@H](O[C@@H]5C(CO)O[C@H](OC6(CSC[C@@H](NC(=O)CCOCCOCCC(=O)C(C)(C)CC)C(=O)O)CC(O)C(O)[C@@H](O[C@@H]7C(CO)O[C@@H](O[C@@H]8C(CO)O[C@@H](O[C@H]1C(O)C2O)C(O)C8O)C(O)C7O)O6)C(O)C5O)C(O)C4O)C(O)C3O)C(=O)O. The van der Waals surface area contributed by atoms with Gasteiger partial charge in [-0.1, -0.05) is 27.7 Å². The van der Waals surface area contributed by atoms with Crippen LogP contribution in [-0.4, -0.2) is 439 Å². The number of carbonyl (C=O) groups is 4. The zero-order valence-corrected chi connectivity index (χ0v) is 63.4. The van der Waals surface area contributed by atoms with Crippen molar-refractivity contribution in [2.45, 2.75) is 300 Å². The summed E-state index contributed by atoms with van der Waals surface area (Å²) in [6, 6.07) is -2.93. The van der Waals surface area contributed by atoms with Crippen molar-refractivity contribution in [2.75, 3.05) is 82.5 Å². The third-order valence-corrected chi connectivity index (χ3v) is 23.2. The maximum atomic E-state index is 13.1. The van der Waals surface area contributed by atoms with Crippen molar-refractivity contribution >= 4 is 47.2 Å². The molecule has 0 saturated carbocycles. The first-order valence-electron chi connectivity index (χ1n) is 36.6. The van der Waals surface area contributed by atoms with Gasteiger partial charge in [0.1, 0.15) is 164 Å². The lowest BCUT2D eigenvalue weighted by molar-refractivity contribution is -0.433. The molecule has 21 heterocycles. The molecule has 36 atom stereocenters. The fourth-order valence-electron chi connectivity index (χ4n) is 13.4. The Bertz CT molecular complexity index is 2880. The fraction of sp³-hybridized carbons (Fsp3) is 0.939. The largest absolute Gasteiger partial charge is 0.480 e. The van der Waals surface area contributed by atoms with Gasteiger partial charge in [-0.3, -0.25) is 19.7 Å². The van der Waals surface area contributed by atoms with E-state index in [1.165, 1.54) is 0 Å². The predicted molar refractivity (Wildman–Crippen MR) is 367 cm³/mol. The van der Waals surface area contributed by atoms with Crippen LogP contribution in [0.3, 0.4) is 0 Å². The molecular formula is C66H112N2O41S2. The summed E-state index contributed by atoms with van der Waals surface area (Å²) in [7, 11) is 0. The van der Waals surface area contributed by atoms with Gasteiger partial charge in [-0.05, 0) is 26.7 Å². The van der Waals surface area contributed by atoms with Crippen molar-refractivity contribution in [3.63, 3.8) is 0 Å². The second-order valence-electron chi connectivity index (χ2n) is 29.6. The molecule has 644 valence electrons. The maximum absolute atomic E-state index is 13.1. The molecule has 0 aliphatic carbocycles. The van der Waals surface area contributed by atoms with E-state index in [9.17, 15) is 126 Å². The Balaban J connectivity index is 1.08. The number of Topliss-reactive ketones (excluding diaryl/α,β-unsaturated/α-hetero) is 1. The van der Waals surface area contributed by atoms with Crippen LogP contribution in [0.4, 0.5) is 0 Å². The predicted octanol–water partition coefficient (Wildman–Crippen LogP) is -10.8. The van der Waals surface area contributed by atoms with Gasteiger partial charge in [0.2, 0.25) is 5.91 Å². The van der Waals surface area contributed by atoms with Crippen molar-refractivity contribution in [3.05, 3.63) is 0 Å². The molecule has 0 aromatic carbocycles. The number of rotatable bonds is 30. The lowest BCUT2D eigenvalue weighted by atomic mass is 9.84. The van der Waals surface area contributed by atoms with E-state index >= 15 is 0 Å². The van der Waals surface area contributed by atoms with Crippen LogP contribution in [0.5, 0.6) is 0 Å². The molecule has 23 N–H and O–H groups in total. The van der Waals surface area contributed by atoms with E-state index in [-0.39, 0.29) is 56.6 Å². The van der Waals surface area contributed by atoms with Gasteiger partial charge >= 0.3 is 11.9 Å². The van der Waals surface area contributed by atoms with Gasteiger partial charge in [0.15, 0.2) is 49.8 Å². The average molecular weight is 1650 g/mol. The summed E-state index contributed by atoms with van der Waals surface area (Å²) < 4.78 is 94.6. The van der Waals surface area contributed by atoms with Gasteiger partial charge in [0.25, 0.3) is 0 Å². The zero-order chi connectivity index (χ0) is 81.9. The molecule has 45 heteroatoms. The molecule has 21 aliphatic heterocycles. The number of amides is 1. The van der Waals surface area contributed by atoms with Crippen LogP contribution in [0.25, 0.3) is 0 Å². The van der Waals surface area contributed by atoms with Gasteiger partial charge < -0.3 is 188 Å². The highest BCUT2D eigenvalue weighted by Crippen LogP contribution is 2.43. The van der Waals surface area contributed by atoms with E-state index in [2.05, 4.69) is 10.6 Å². The van der Waals surface area contributed by atoms with E-state index in [1.54, 1.807) is 13.8 Å². The second-order valence-corrected chi connectivity index (χ2v) is 31.7. The number of carboxylic acid groups (broad SMARTS) is 2. The Hall–Kier alpha value is -2.66. The molecule has 21 saturated heterocycles. The van der Waals surface area contributed by atoms with Crippen molar-refractivity contribution in [1.29, 1.82) is 0 Å². The number of ketones is 1. The van der Waals surface area contributed by atoms with Gasteiger partial charge in [-0.2, -0.15) is 23.5 Å². The maximum Gasteiger partial charge on any atom is 0.327 e. The molecule has 21 unspecified atom stereocenters. The van der Waals surface area contributed by atoms with Crippen molar-refractivity contribution < 1.29 is 202 Å². The zero-order valence-electron chi connectivity index (χ0n) is 61.8. The van der Waals surface area contributed by atoms with Crippen LogP contribution in [0.1, 0.15) is 73.6 Å². The molecule has 0 aromatic heterocycles. The van der Waals surface area contributed by atoms with Crippen molar-refractivity contribution in [2.24, 2.45) is 5.41 Å². The van der Waals surface area contributed by atoms with Crippen molar-refractivity contribution in [1.82, 2.24) is 10.6 Å². The summed E-state index contributed by atoms with van der Waals surface area (Å²) in [5.74, 6) is -8.08. The number of thioether (sulfide) groups is 2. The van der Waals surface area contributed by atoms with Gasteiger partial charge in [0, 0.05) is 53.2 Å². The fourth-order valence-corrected chi connectivity index (χ4v) is 15.6. The third-order valence-electron chi connectivity index (χ3n) is 20.9. The number of aliphatic hydroxyl groups is 19. The summed E-state index contributed by atoms with van der Waals surface area (Å²) in [6.07, 6.45) is -69.8. The molecule has 0 aromatic rings. The summed E-state index contributed by atoms with van der Waals surface area (Å²) >= 11 is 1.53. The monoisotopic (exact) mass is 1650 g/mol. The number of carboxylic acids is 2. The van der Waals surface area contributed by atoms with Crippen molar-refractivity contribution in [3.8, 4) is 0 Å². The molecule has 0 radical (unpaired) electrons. The first kappa shape index (κ1) is 93.8. The molecule has 0 spiro atoms. The molecule has 1 amide bonds. The molecule has 43 nitrogen and oxygen atoms in total. The lowest BCUT2D eigenvalue weighted by Gasteiger charge is -2.51. The summed E-state index contributed by atoms with van der Waals surface area (Å²) in [5.41, 5.74) is -1.22. The first-order chi connectivity index (χ1) is 52.4. The van der Waals surface area contributed by atoms with Crippen LogP contribution in [0.2, 0.25) is 0 Å². The minimum Gasteiger partial charge on any atom is -0.480 e. The molecule has 21 rings (SSSR count). The Morgan fingerprint density at radius 2 is 0.739 bits per heavy atom. The molecule has 14 bridgehead atoms. The Kier molecular flexibility index (Phi) is 35.4.